The van der Waals surface area contributed by atoms with E-state index >= 15 is 0 Å². The van der Waals surface area contributed by atoms with Gasteiger partial charge >= 0.3 is 0 Å². The Hall–Kier alpha value is -0.460. The molecule has 0 aromatic rings. The Bertz CT molecular complexity index is 193. The molecule has 2 atom stereocenters. The number of rotatable bonds is 4. The maximum absolute atomic E-state index is 10.8. The van der Waals surface area contributed by atoms with Crippen molar-refractivity contribution in [2.75, 3.05) is 18.8 Å². The van der Waals surface area contributed by atoms with Gasteiger partial charge in [0.05, 0.1) is 0 Å². The number of carbonyl (C=O) groups is 1. The number of hydrogen-bond acceptors (Lipinski definition) is 3. The molecule has 1 amide bonds. The molecule has 5 nitrogen and oxygen atoms in total. The maximum atomic E-state index is 10.8. The summed E-state index contributed by atoms with van der Waals surface area (Å²) in [5.41, 5.74) is 0. The highest BCUT2D eigenvalue weighted by molar-refractivity contribution is 7.80. The van der Waals surface area contributed by atoms with Crippen molar-refractivity contribution in [1.82, 2.24) is 10.6 Å². The molecule has 0 aromatic carbocycles. The van der Waals surface area contributed by atoms with E-state index in [1.54, 1.807) is 0 Å². The molecule has 0 aliphatic carbocycles. The summed E-state index contributed by atoms with van der Waals surface area (Å²) >= 11 is -2.03. The summed E-state index contributed by atoms with van der Waals surface area (Å²) in [6, 6.07) is 0.348. The van der Waals surface area contributed by atoms with Crippen molar-refractivity contribution in [2.24, 2.45) is 0 Å². The van der Waals surface area contributed by atoms with Gasteiger partial charge in [0.1, 0.15) is 5.75 Å². The second kappa shape index (κ2) is 4.54. The third-order valence-electron chi connectivity index (χ3n) is 1.73. The van der Waals surface area contributed by atoms with E-state index in [-0.39, 0.29) is 11.7 Å². The van der Waals surface area contributed by atoms with Crippen LogP contribution in [0.3, 0.4) is 0 Å². The van der Waals surface area contributed by atoms with Gasteiger partial charge in [0.25, 0.3) is 0 Å². The van der Waals surface area contributed by atoms with Crippen LogP contribution in [0.4, 0.5) is 0 Å². The van der Waals surface area contributed by atoms with Gasteiger partial charge in [-0.05, 0) is 13.0 Å². The van der Waals surface area contributed by atoms with E-state index in [1.165, 1.54) is 0 Å². The highest BCUT2D eigenvalue weighted by Crippen LogP contribution is 1.98. The van der Waals surface area contributed by atoms with Crippen LogP contribution in [0.2, 0.25) is 0 Å². The Morgan fingerprint density at radius 1 is 1.75 bits per heavy atom. The van der Waals surface area contributed by atoms with Gasteiger partial charge < -0.3 is 15.2 Å². The molecule has 1 fully saturated rings. The molecular formula is C6H12N2O3S. The molecule has 1 heterocycles. The SMILES string of the molecule is O=C(CS(=O)O)NCC1CCN1. The first-order chi connectivity index (χ1) is 5.68. The summed E-state index contributed by atoms with van der Waals surface area (Å²) in [5, 5.41) is 5.66. The molecule has 0 saturated carbocycles. The average molecular weight is 192 g/mol. The monoisotopic (exact) mass is 192 g/mol. The summed E-state index contributed by atoms with van der Waals surface area (Å²) in [6.45, 7) is 1.54. The van der Waals surface area contributed by atoms with Crippen LogP contribution in [0.25, 0.3) is 0 Å². The molecule has 1 rings (SSSR count). The maximum Gasteiger partial charge on any atom is 0.235 e. The van der Waals surface area contributed by atoms with E-state index < -0.39 is 11.1 Å². The fraction of sp³-hybridized carbons (Fsp3) is 0.833. The number of nitrogens with one attached hydrogen (secondary N) is 2. The average Bonchev–Trinajstić information content (AvgIpc) is 1.81. The van der Waals surface area contributed by atoms with E-state index in [2.05, 4.69) is 10.6 Å². The summed E-state index contributed by atoms with van der Waals surface area (Å²) in [7, 11) is 0. The van der Waals surface area contributed by atoms with Crippen LogP contribution in [-0.4, -0.2) is 39.6 Å². The fourth-order valence-corrected chi connectivity index (χ4v) is 1.25. The van der Waals surface area contributed by atoms with Crippen LogP contribution in [0.1, 0.15) is 6.42 Å². The van der Waals surface area contributed by atoms with Crippen LogP contribution in [0.15, 0.2) is 0 Å². The quantitative estimate of drug-likeness (QED) is 0.483. The molecule has 70 valence electrons. The van der Waals surface area contributed by atoms with Crippen molar-refractivity contribution >= 4 is 17.0 Å². The molecule has 0 bridgehead atoms. The van der Waals surface area contributed by atoms with Crippen LogP contribution in [-0.2, 0) is 15.9 Å². The van der Waals surface area contributed by atoms with Crippen molar-refractivity contribution in [3.63, 3.8) is 0 Å². The summed E-state index contributed by atoms with van der Waals surface area (Å²) < 4.78 is 18.5. The van der Waals surface area contributed by atoms with E-state index in [0.717, 1.165) is 13.0 Å². The molecular weight excluding hydrogens is 180 g/mol. The Balaban J connectivity index is 2.05. The minimum absolute atomic E-state index is 0.327. The first-order valence-electron chi connectivity index (χ1n) is 3.76. The van der Waals surface area contributed by atoms with Crippen molar-refractivity contribution < 1.29 is 13.6 Å². The van der Waals surface area contributed by atoms with Crippen LogP contribution >= 0.6 is 0 Å². The fourth-order valence-electron chi connectivity index (χ4n) is 0.923. The van der Waals surface area contributed by atoms with Crippen LogP contribution < -0.4 is 10.6 Å². The first kappa shape index (κ1) is 9.63. The van der Waals surface area contributed by atoms with Crippen molar-refractivity contribution in [2.45, 2.75) is 12.5 Å². The normalized spacial score (nSPS) is 24.2. The van der Waals surface area contributed by atoms with Gasteiger partial charge in [-0.1, -0.05) is 0 Å². The molecule has 0 aromatic heterocycles. The number of hydrogen-bond donors (Lipinski definition) is 3. The van der Waals surface area contributed by atoms with E-state index in [0.29, 0.717) is 12.6 Å². The lowest BCUT2D eigenvalue weighted by molar-refractivity contribution is -0.118. The lowest BCUT2D eigenvalue weighted by atomic mass is 10.1. The van der Waals surface area contributed by atoms with Gasteiger partial charge in [-0.15, -0.1) is 0 Å². The van der Waals surface area contributed by atoms with Gasteiger partial charge in [0, 0.05) is 12.6 Å². The topological polar surface area (TPSA) is 78.4 Å². The van der Waals surface area contributed by atoms with E-state index in [4.69, 9.17) is 4.55 Å². The Kier molecular flexibility index (Phi) is 3.64. The summed E-state index contributed by atoms with van der Waals surface area (Å²) in [4.78, 5) is 10.8. The van der Waals surface area contributed by atoms with Crippen LogP contribution in [0.5, 0.6) is 0 Å². The highest BCUT2D eigenvalue weighted by atomic mass is 32.2. The zero-order chi connectivity index (χ0) is 8.97. The molecule has 3 N–H and O–H groups in total. The zero-order valence-electron chi connectivity index (χ0n) is 6.58. The summed E-state index contributed by atoms with van der Waals surface area (Å²) in [5.74, 6) is -0.697. The second-order valence-electron chi connectivity index (χ2n) is 2.71. The zero-order valence-corrected chi connectivity index (χ0v) is 7.39. The number of amides is 1. The highest BCUT2D eigenvalue weighted by Gasteiger charge is 2.16. The molecule has 1 saturated heterocycles. The van der Waals surface area contributed by atoms with Gasteiger partial charge in [-0.2, -0.15) is 0 Å². The lowest BCUT2D eigenvalue weighted by Crippen LogP contribution is -2.50. The molecule has 0 spiro atoms. The summed E-state index contributed by atoms with van der Waals surface area (Å²) in [6.07, 6.45) is 1.06. The van der Waals surface area contributed by atoms with E-state index in [1.807, 2.05) is 0 Å². The number of carbonyl (C=O) groups excluding carboxylic acids is 1. The Labute approximate surface area is 73.2 Å². The standard InChI is InChI=1S/C6H12N2O3S/c9-6(4-12(10)11)8-3-5-1-2-7-5/h5,7H,1-4H2,(H,8,9)(H,10,11). The van der Waals surface area contributed by atoms with Crippen molar-refractivity contribution in [3.05, 3.63) is 0 Å². The third-order valence-corrected chi connectivity index (χ3v) is 2.24. The van der Waals surface area contributed by atoms with Crippen LogP contribution in [0, 0.1) is 0 Å². The predicted octanol–water partition coefficient (Wildman–Crippen LogP) is -1.31. The minimum atomic E-state index is -2.03. The van der Waals surface area contributed by atoms with Gasteiger partial charge in [-0.3, -0.25) is 4.79 Å². The minimum Gasteiger partial charge on any atom is -0.354 e. The molecule has 2 unspecified atom stereocenters. The van der Waals surface area contributed by atoms with Gasteiger partial charge in [0.15, 0.2) is 11.1 Å². The third kappa shape index (κ3) is 3.29. The Morgan fingerprint density at radius 2 is 2.42 bits per heavy atom. The molecule has 1 aliphatic heterocycles. The molecule has 6 heteroatoms. The molecule has 12 heavy (non-hydrogen) atoms. The second-order valence-corrected chi connectivity index (χ2v) is 3.64. The van der Waals surface area contributed by atoms with Crippen molar-refractivity contribution in [1.29, 1.82) is 0 Å². The lowest BCUT2D eigenvalue weighted by Gasteiger charge is -2.27. The first-order valence-corrected chi connectivity index (χ1v) is 5.03. The van der Waals surface area contributed by atoms with Gasteiger partial charge in [-0.25, -0.2) is 4.21 Å². The predicted molar refractivity (Wildman–Crippen MR) is 45.1 cm³/mol. The van der Waals surface area contributed by atoms with Gasteiger partial charge in [0.2, 0.25) is 5.91 Å². The Morgan fingerprint density at radius 3 is 2.83 bits per heavy atom. The molecule has 0 radical (unpaired) electrons. The van der Waals surface area contributed by atoms with E-state index in [9.17, 15) is 9.00 Å². The van der Waals surface area contributed by atoms with Crippen molar-refractivity contribution in [3.8, 4) is 0 Å². The smallest absolute Gasteiger partial charge is 0.235 e. The molecule has 1 aliphatic rings. The largest absolute Gasteiger partial charge is 0.354 e.